The molecule has 0 radical (unpaired) electrons. The van der Waals surface area contributed by atoms with E-state index >= 15 is 0 Å². The number of nitrogens with one attached hydrogen (secondary N) is 2. The van der Waals surface area contributed by atoms with Gasteiger partial charge in [0, 0.05) is 41.9 Å². The zero-order chi connectivity index (χ0) is 25.9. The molecular weight excluding hydrogens is 482 g/mol. The van der Waals surface area contributed by atoms with Gasteiger partial charge in [0.25, 0.3) is 0 Å². The molecule has 1 aliphatic rings. The number of thiocarbonyl (C=S) groups is 1. The minimum atomic E-state index is -0.196. The van der Waals surface area contributed by atoms with Gasteiger partial charge in [0.05, 0.1) is 24.5 Å². The van der Waals surface area contributed by atoms with Gasteiger partial charge in [0.1, 0.15) is 11.8 Å². The quantitative estimate of drug-likeness (QED) is 0.310. The summed E-state index contributed by atoms with van der Waals surface area (Å²) in [7, 11) is 1.60. The van der Waals surface area contributed by atoms with Gasteiger partial charge in [-0.2, -0.15) is 0 Å². The fourth-order valence-electron chi connectivity index (χ4n) is 4.79. The zero-order valence-corrected chi connectivity index (χ0v) is 21.8. The summed E-state index contributed by atoms with van der Waals surface area (Å²) in [5.74, 6) is 0.491. The van der Waals surface area contributed by atoms with Crippen molar-refractivity contribution in [3.05, 3.63) is 102 Å². The number of aromatic nitrogens is 2. The van der Waals surface area contributed by atoms with E-state index in [1.807, 2.05) is 55.5 Å². The number of carbonyl (C=O) groups excluding carboxylic acids is 1. The van der Waals surface area contributed by atoms with Crippen LogP contribution in [0.25, 0.3) is 5.69 Å². The number of pyridine rings is 1. The first-order valence-corrected chi connectivity index (χ1v) is 12.6. The van der Waals surface area contributed by atoms with Crippen molar-refractivity contribution < 1.29 is 9.53 Å². The Hall–Kier alpha value is -4.17. The Morgan fingerprint density at radius 1 is 1.11 bits per heavy atom. The van der Waals surface area contributed by atoms with Crippen molar-refractivity contribution in [2.24, 2.45) is 0 Å². The van der Waals surface area contributed by atoms with E-state index in [-0.39, 0.29) is 18.0 Å². The van der Waals surface area contributed by atoms with Crippen LogP contribution in [0.2, 0.25) is 0 Å². The Bertz CT molecular complexity index is 1440. The first kappa shape index (κ1) is 24.5. The minimum Gasteiger partial charge on any atom is -0.494 e. The molecule has 0 spiro atoms. The maximum atomic E-state index is 12.0. The molecule has 0 saturated carbocycles. The average Bonchev–Trinajstić information content (AvgIpc) is 3.53. The lowest BCUT2D eigenvalue weighted by atomic mass is 10.0. The lowest BCUT2D eigenvalue weighted by Gasteiger charge is -2.29. The molecule has 0 bridgehead atoms. The second-order valence-corrected chi connectivity index (χ2v) is 9.26. The number of hydrogen-bond acceptors (Lipinski definition) is 4. The molecule has 0 unspecified atom stereocenters. The molecule has 5 rings (SSSR count). The molecule has 1 amide bonds. The third kappa shape index (κ3) is 4.68. The van der Waals surface area contributed by atoms with E-state index < -0.39 is 0 Å². The first-order chi connectivity index (χ1) is 18.0. The molecule has 37 heavy (non-hydrogen) atoms. The van der Waals surface area contributed by atoms with Crippen molar-refractivity contribution in [2.75, 3.05) is 17.3 Å². The topological polar surface area (TPSA) is 71.4 Å². The average molecular weight is 512 g/mol. The van der Waals surface area contributed by atoms with E-state index in [9.17, 15) is 4.79 Å². The molecule has 1 saturated heterocycles. The van der Waals surface area contributed by atoms with Crippen LogP contribution in [0.1, 0.15) is 42.4 Å². The van der Waals surface area contributed by atoms with Gasteiger partial charge >= 0.3 is 0 Å². The van der Waals surface area contributed by atoms with Crippen molar-refractivity contribution in [2.45, 2.75) is 32.4 Å². The number of rotatable bonds is 7. The third-order valence-electron chi connectivity index (χ3n) is 6.61. The van der Waals surface area contributed by atoms with E-state index in [0.717, 1.165) is 22.8 Å². The van der Waals surface area contributed by atoms with Gasteiger partial charge < -0.3 is 24.8 Å². The van der Waals surface area contributed by atoms with Gasteiger partial charge in [-0.1, -0.05) is 31.2 Å². The maximum absolute atomic E-state index is 12.0. The molecule has 3 heterocycles. The Balaban J connectivity index is 1.64. The van der Waals surface area contributed by atoms with Crippen molar-refractivity contribution in [3.63, 3.8) is 0 Å². The number of ether oxygens (including phenoxy) is 1. The molecule has 0 aliphatic carbocycles. The van der Waals surface area contributed by atoms with Gasteiger partial charge in [-0.05, 0) is 67.2 Å². The summed E-state index contributed by atoms with van der Waals surface area (Å²) in [5.41, 5.74) is 5.72. The fraction of sp³-hybridized carbons (Fsp3) is 0.207. The first-order valence-electron chi connectivity index (χ1n) is 12.2. The Labute approximate surface area is 222 Å². The zero-order valence-electron chi connectivity index (χ0n) is 21.0. The van der Waals surface area contributed by atoms with E-state index in [1.54, 1.807) is 13.3 Å². The van der Waals surface area contributed by atoms with Crippen LogP contribution >= 0.6 is 12.2 Å². The number of carbonyl (C=O) groups is 1. The summed E-state index contributed by atoms with van der Waals surface area (Å²) in [6, 6.07) is 23.8. The summed E-state index contributed by atoms with van der Waals surface area (Å²) in [6.45, 7) is 3.93. The SMILES string of the molecule is CCC(=O)Nc1ccc(N2C(=S)N[C@@H](c3ccccn3)[C@H]2c2cccn2-c2ccccc2C)cc1OC. The van der Waals surface area contributed by atoms with Crippen molar-refractivity contribution >= 4 is 34.6 Å². The van der Waals surface area contributed by atoms with Crippen LogP contribution in [0.4, 0.5) is 11.4 Å². The normalized spacial score (nSPS) is 16.9. The van der Waals surface area contributed by atoms with Gasteiger partial charge in [-0.15, -0.1) is 0 Å². The molecule has 2 aromatic carbocycles. The molecule has 8 heteroatoms. The summed E-state index contributed by atoms with van der Waals surface area (Å²) in [5, 5.41) is 7.01. The number of methoxy groups -OCH3 is 1. The van der Waals surface area contributed by atoms with Crippen LogP contribution in [-0.4, -0.2) is 27.7 Å². The van der Waals surface area contributed by atoms with Crippen LogP contribution < -0.4 is 20.3 Å². The number of hydrogen-bond donors (Lipinski definition) is 2. The Kier molecular flexibility index (Phi) is 6.92. The molecule has 4 aromatic rings. The van der Waals surface area contributed by atoms with E-state index in [2.05, 4.69) is 62.5 Å². The third-order valence-corrected chi connectivity index (χ3v) is 6.93. The molecule has 2 N–H and O–H groups in total. The van der Waals surface area contributed by atoms with Gasteiger partial charge in [-0.3, -0.25) is 9.78 Å². The number of nitrogens with zero attached hydrogens (tertiary/aromatic N) is 3. The van der Waals surface area contributed by atoms with Crippen LogP contribution in [0.15, 0.2) is 85.2 Å². The maximum Gasteiger partial charge on any atom is 0.224 e. The number of aryl methyl sites for hydroxylation is 1. The Morgan fingerprint density at radius 2 is 1.92 bits per heavy atom. The number of benzene rings is 2. The summed E-state index contributed by atoms with van der Waals surface area (Å²) >= 11 is 5.90. The van der Waals surface area contributed by atoms with Gasteiger partial charge in [0.15, 0.2) is 5.11 Å². The largest absolute Gasteiger partial charge is 0.494 e. The van der Waals surface area contributed by atoms with Crippen molar-refractivity contribution in [1.82, 2.24) is 14.9 Å². The lowest BCUT2D eigenvalue weighted by Crippen LogP contribution is -2.30. The predicted molar refractivity (Wildman–Crippen MR) is 150 cm³/mol. The summed E-state index contributed by atoms with van der Waals surface area (Å²) < 4.78 is 7.86. The van der Waals surface area contributed by atoms with E-state index in [0.29, 0.717) is 23.0 Å². The van der Waals surface area contributed by atoms with E-state index in [1.165, 1.54) is 5.56 Å². The van der Waals surface area contributed by atoms with Gasteiger partial charge in [-0.25, -0.2) is 0 Å². The van der Waals surface area contributed by atoms with E-state index in [4.69, 9.17) is 17.0 Å². The molecule has 2 aromatic heterocycles. The second-order valence-electron chi connectivity index (χ2n) is 8.87. The second kappa shape index (κ2) is 10.4. The van der Waals surface area contributed by atoms with Crippen LogP contribution in [0.3, 0.4) is 0 Å². The number of amides is 1. The standard InChI is InChI=1S/C29H29N5O2S/c1-4-26(35)31-21-15-14-20(18-25(21)36-3)34-28(27(32-29(34)37)22-11-7-8-16-30-22)24-13-9-17-33(24)23-12-6-5-10-19(23)2/h5-18,27-28H,4H2,1-3H3,(H,31,35)(H,32,37)/t27-,28+/m0/s1. The molecule has 2 atom stereocenters. The molecular formula is C29H29N5O2S. The van der Waals surface area contributed by atoms with Crippen LogP contribution in [0, 0.1) is 6.92 Å². The highest BCUT2D eigenvalue weighted by molar-refractivity contribution is 7.80. The molecule has 188 valence electrons. The monoisotopic (exact) mass is 511 g/mol. The molecule has 7 nitrogen and oxygen atoms in total. The highest BCUT2D eigenvalue weighted by atomic mass is 32.1. The minimum absolute atomic E-state index is 0.0754. The Morgan fingerprint density at radius 3 is 2.65 bits per heavy atom. The lowest BCUT2D eigenvalue weighted by molar-refractivity contribution is -0.115. The molecule has 1 aliphatic heterocycles. The van der Waals surface area contributed by atoms with Crippen molar-refractivity contribution in [3.8, 4) is 11.4 Å². The predicted octanol–water partition coefficient (Wildman–Crippen LogP) is 5.71. The van der Waals surface area contributed by atoms with Crippen LogP contribution in [0.5, 0.6) is 5.75 Å². The fourth-order valence-corrected chi connectivity index (χ4v) is 5.14. The van der Waals surface area contributed by atoms with Crippen molar-refractivity contribution in [1.29, 1.82) is 0 Å². The number of anilines is 2. The smallest absolute Gasteiger partial charge is 0.224 e. The summed E-state index contributed by atoms with van der Waals surface area (Å²) in [4.78, 5) is 18.8. The van der Waals surface area contributed by atoms with Gasteiger partial charge in [0.2, 0.25) is 5.91 Å². The molecule has 1 fully saturated rings. The highest BCUT2D eigenvalue weighted by Crippen LogP contribution is 2.44. The van der Waals surface area contributed by atoms with Crippen LogP contribution in [-0.2, 0) is 4.79 Å². The highest BCUT2D eigenvalue weighted by Gasteiger charge is 2.42. The number of para-hydroxylation sites is 1. The summed E-state index contributed by atoms with van der Waals surface area (Å²) in [6.07, 6.45) is 4.26.